The third kappa shape index (κ3) is 3.07. The second-order valence-electron chi connectivity index (χ2n) is 3.98. The lowest BCUT2D eigenvalue weighted by molar-refractivity contribution is -0.148. The Morgan fingerprint density at radius 3 is 2.26 bits per heavy atom. The van der Waals surface area contributed by atoms with E-state index >= 15 is 0 Å². The molecule has 0 saturated carbocycles. The van der Waals surface area contributed by atoms with E-state index in [0.717, 1.165) is 0 Å². The Morgan fingerprint density at radius 1 is 1.16 bits per heavy atom. The van der Waals surface area contributed by atoms with Crippen molar-refractivity contribution in [1.82, 2.24) is 0 Å². The third-order valence-electron chi connectivity index (χ3n) is 2.63. The van der Waals surface area contributed by atoms with Gasteiger partial charge < -0.3 is 9.47 Å². The number of carbonyl (C=O) groups excluding carboxylic acids is 3. The minimum absolute atomic E-state index is 0.148. The maximum absolute atomic E-state index is 12.2. The fourth-order valence-electron chi connectivity index (χ4n) is 1.85. The fourth-order valence-corrected chi connectivity index (χ4v) is 1.85. The Balaban J connectivity index is 3.12. The van der Waals surface area contributed by atoms with Gasteiger partial charge in [-0.25, -0.2) is 4.79 Å². The molecule has 0 saturated heterocycles. The molecule has 1 aliphatic rings. The minimum Gasteiger partial charge on any atom is -0.465 e. The Labute approximate surface area is 111 Å². The van der Waals surface area contributed by atoms with Gasteiger partial charge in [0.15, 0.2) is 11.7 Å². The van der Waals surface area contributed by atoms with E-state index < -0.39 is 23.6 Å². The molecule has 104 valence electrons. The molecule has 0 aliphatic carbocycles. The first-order chi connectivity index (χ1) is 8.93. The van der Waals surface area contributed by atoms with Crippen LogP contribution in [0.1, 0.15) is 27.7 Å². The summed E-state index contributed by atoms with van der Waals surface area (Å²) in [5.74, 6) is -3.21. The molecule has 6 heteroatoms. The number of hydrogen-bond acceptors (Lipinski definition) is 6. The van der Waals surface area contributed by atoms with E-state index in [4.69, 9.17) is 9.47 Å². The summed E-state index contributed by atoms with van der Waals surface area (Å²) in [6.45, 7) is 6.69. The van der Waals surface area contributed by atoms with Crippen molar-refractivity contribution in [3.63, 3.8) is 0 Å². The molecule has 1 heterocycles. The molecule has 0 spiro atoms. The molecule has 6 nitrogen and oxygen atoms in total. The number of carbonyl (C=O) groups is 3. The third-order valence-corrected chi connectivity index (χ3v) is 2.63. The normalized spacial score (nSPS) is 19.1. The van der Waals surface area contributed by atoms with E-state index in [2.05, 4.69) is 4.99 Å². The number of hydrogen-bond donors (Lipinski definition) is 0. The number of Topliss-reactive ketones (excluding diaryl/α,β-unsaturated/α-hetero) is 1. The molecule has 0 aromatic carbocycles. The molecule has 1 atom stereocenters. The van der Waals surface area contributed by atoms with E-state index in [1.165, 1.54) is 6.92 Å². The molecule has 0 amide bonds. The Hall–Kier alpha value is -1.98. The van der Waals surface area contributed by atoms with Crippen molar-refractivity contribution in [3.8, 4) is 0 Å². The smallest absolute Gasteiger partial charge is 0.343 e. The van der Waals surface area contributed by atoms with Crippen LogP contribution in [0.25, 0.3) is 0 Å². The van der Waals surface area contributed by atoms with E-state index in [1.54, 1.807) is 20.8 Å². The Kier molecular flexibility index (Phi) is 4.97. The lowest BCUT2D eigenvalue weighted by Gasteiger charge is -2.20. The predicted octanol–water partition coefficient (Wildman–Crippen LogP) is 1.05. The number of allylic oxidation sites excluding steroid dienone is 1. The van der Waals surface area contributed by atoms with Gasteiger partial charge in [-0.1, -0.05) is 0 Å². The van der Waals surface area contributed by atoms with Crippen LogP contribution in [0.4, 0.5) is 0 Å². The molecule has 0 radical (unpaired) electrons. The van der Waals surface area contributed by atoms with Crippen molar-refractivity contribution < 1.29 is 23.9 Å². The van der Waals surface area contributed by atoms with E-state index in [-0.39, 0.29) is 24.5 Å². The molecule has 0 aromatic heterocycles. The SMILES string of the molecule is CCOC(=O)C1=C(C)N=C(C)C(C(=O)OCC)C1=O. The maximum atomic E-state index is 12.2. The highest BCUT2D eigenvalue weighted by Gasteiger charge is 2.40. The fraction of sp³-hybridized carbons (Fsp3) is 0.538. The summed E-state index contributed by atoms with van der Waals surface area (Å²) in [5.41, 5.74) is 0.418. The lowest BCUT2D eigenvalue weighted by atomic mass is 9.90. The first-order valence-corrected chi connectivity index (χ1v) is 6.08. The topological polar surface area (TPSA) is 82.0 Å². The van der Waals surface area contributed by atoms with E-state index in [0.29, 0.717) is 5.71 Å². The molecular formula is C13H17NO5. The monoisotopic (exact) mass is 267 g/mol. The average molecular weight is 267 g/mol. The van der Waals surface area contributed by atoms with Gasteiger partial charge >= 0.3 is 11.9 Å². The Bertz CT molecular complexity index is 475. The molecule has 1 aliphatic heterocycles. The summed E-state index contributed by atoms with van der Waals surface area (Å²) in [6, 6.07) is 0. The average Bonchev–Trinajstić information content (AvgIpc) is 2.28. The molecule has 0 fully saturated rings. The van der Waals surface area contributed by atoms with Crippen LogP contribution in [0.5, 0.6) is 0 Å². The van der Waals surface area contributed by atoms with Crippen molar-refractivity contribution in [2.75, 3.05) is 13.2 Å². The van der Waals surface area contributed by atoms with Crippen LogP contribution in [0.15, 0.2) is 16.3 Å². The van der Waals surface area contributed by atoms with Crippen LogP contribution in [-0.2, 0) is 23.9 Å². The van der Waals surface area contributed by atoms with Gasteiger partial charge in [0.25, 0.3) is 0 Å². The molecule has 0 aromatic rings. The zero-order valence-electron chi connectivity index (χ0n) is 11.5. The van der Waals surface area contributed by atoms with Crippen molar-refractivity contribution in [1.29, 1.82) is 0 Å². The zero-order chi connectivity index (χ0) is 14.6. The summed E-state index contributed by atoms with van der Waals surface area (Å²) in [7, 11) is 0. The highest BCUT2D eigenvalue weighted by atomic mass is 16.5. The number of nitrogens with zero attached hydrogens (tertiary/aromatic N) is 1. The van der Waals surface area contributed by atoms with E-state index in [1.807, 2.05) is 0 Å². The van der Waals surface area contributed by atoms with Crippen molar-refractivity contribution in [2.45, 2.75) is 27.7 Å². The quantitative estimate of drug-likeness (QED) is 0.432. The maximum Gasteiger partial charge on any atom is 0.343 e. The van der Waals surface area contributed by atoms with Gasteiger partial charge in [-0.05, 0) is 27.7 Å². The van der Waals surface area contributed by atoms with Gasteiger partial charge in [-0.15, -0.1) is 0 Å². The largest absolute Gasteiger partial charge is 0.465 e. The van der Waals surface area contributed by atoms with Crippen molar-refractivity contribution in [2.24, 2.45) is 10.9 Å². The highest BCUT2D eigenvalue weighted by molar-refractivity contribution is 6.32. The lowest BCUT2D eigenvalue weighted by Crippen LogP contribution is -2.38. The van der Waals surface area contributed by atoms with Crippen LogP contribution in [-0.4, -0.2) is 36.6 Å². The number of ketones is 1. The van der Waals surface area contributed by atoms with Gasteiger partial charge in [0.2, 0.25) is 0 Å². The van der Waals surface area contributed by atoms with Crippen molar-refractivity contribution in [3.05, 3.63) is 11.3 Å². The summed E-state index contributed by atoms with van der Waals surface area (Å²) < 4.78 is 9.64. The Morgan fingerprint density at radius 2 is 1.74 bits per heavy atom. The van der Waals surface area contributed by atoms with Crippen LogP contribution in [0.2, 0.25) is 0 Å². The molecule has 19 heavy (non-hydrogen) atoms. The minimum atomic E-state index is -1.15. The molecule has 1 rings (SSSR count). The van der Waals surface area contributed by atoms with Crippen LogP contribution in [0.3, 0.4) is 0 Å². The molecule has 0 bridgehead atoms. The summed E-state index contributed by atoms with van der Waals surface area (Å²) in [4.78, 5) is 39.8. The summed E-state index contributed by atoms with van der Waals surface area (Å²) in [6.07, 6.45) is 0. The highest BCUT2D eigenvalue weighted by Crippen LogP contribution is 2.23. The van der Waals surface area contributed by atoms with Crippen LogP contribution < -0.4 is 0 Å². The van der Waals surface area contributed by atoms with E-state index in [9.17, 15) is 14.4 Å². The first-order valence-electron chi connectivity index (χ1n) is 6.08. The number of aliphatic imine (C=N–C) groups is 1. The van der Waals surface area contributed by atoms with Crippen molar-refractivity contribution >= 4 is 23.4 Å². The van der Waals surface area contributed by atoms with Crippen LogP contribution >= 0.6 is 0 Å². The summed E-state index contributed by atoms with van der Waals surface area (Å²) in [5, 5.41) is 0. The van der Waals surface area contributed by atoms with Gasteiger partial charge in [0.1, 0.15) is 5.57 Å². The predicted molar refractivity (Wildman–Crippen MR) is 67.6 cm³/mol. The van der Waals surface area contributed by atoms with Gasteiger partial charge in [0, 0.05) is 5.71 Å². The molecule has 1 unspecified atom stereocenters. The summed E-state index contributed by atoms with van der Waals surface area (Å²) >= 11 is 0. The molecule has 0 N–H and O–H groups in total. The number of rotatable bonds is 4. The van der Waals surface area contributed by atoms with Crippen LogP contribution in [0, 0.1) is 5.92 Å². The second-order valence-corrected chi connectivity index (χ2v) is 3.98. The number of ether oxygens (including phenoxy) is 2. The number of esters is 2. The van der Waals surface area contributed by atoms with Gasteiger partial charge in [-0.3, -0.25) is 14.6 Å². The van der Waals surface area contributed by atoms with Gasteiger partial charge in [0.05, 0.1) is 18.9 Å². The molecular weight excluding hydrogens is 250 g/mol. The first kappa shape index (κ1) is 15.1. The van der Waals surface area contributed by atoms with Gasteiger partial charge in [-0.2, -0.15) is 0 Å². The zero-order valence-corrected chi connectivity index (χ0v) is 11.5. The second kappa shape index (κ2) is 6.26. The standard InChI is InChI=1S/C13H17NO5/c1-5-18-12(16)9-7(3)14-8(4)10(11(9)15)13(17)19-6-2/h9H,5-6H2,1-4H3.